The topological polar surface area (TPSA) is 59.5 Å². The molecule has 0 unspecified atom stereocenters. The fraction of sp³-hybridized carbons (Fsp3) is 0.0714. The molecule has 3 rings (SSSR count). The number of carbonyl (C=O) groups excluding carboxylic acids is 2. The number of amides is 2. The number of nitrogens with zero attached hydrogens (tertiary/aromatic N) is 2. The minimum Gasteiger partial charge on any atom is -0.481 e. The lowest BCUT2D eigenvalue weighted by molar-refractivity contribution is 0.0925. The lowest BCUT2D eigenvalue weighted by atomic mass is 10.1. The molecule has 2 heterocycles. The molecule has 1 aromatic carbocycles. The van der Waals surface area contributed by atoms with Gasteiger partial charge in [-0.05, 0) is 18.2 Å². The quantitative estimate of drug-likeness (QED) is 0.768. The van der Waals surface area contributed by atoms with Gasteiger partial charge in [0.15, 0.2) is 0 Å². The molecule has 19 heavy (non-hydrogen) atoms. The zero-order valence-corrected chi connectivity index (χ0v) is 10.2. The Labute approximate surface area is 109 Å². The number of carbonyl (C=O) groups is 2. The summed E-state index contributed by atoms with van der Waals surface area (Å²) in [6, 6.07) is 11.7. The number of ether oxygens (including phenoxy) is 1. The van der Waals surface area contributed by atoms with Gasteiger partial charge in [-0.3, -0.25) is 9.59 Å². The van der Waals surface area contributed by atoms with Crippen molar-refractivity contribution in [2.75, 3.05) is 12.0 Å². The van der Waals surface area contributed by atoms with Crippen LogP contribution in [0.15, 0.2) is 42.5 Å². The lowest BCUT2D eigenvalue weighted by Crippen LogP contribution is -2.30. The Bertz CT molecular complexity index is 647. The summed E-state index contributed by atoms with van der Waals surface area (Å²) in [6.07, 6.45) is 0. The fourth-order valence-corrected chi connectivity index (χ4v) is 2.04. The van der Waals surface area contributed by atoms with Gasteiger partial charge in [0.2, 0.25) is 5.88 Å². The van der Waals surface area contributed by atoms with E-state index in [4.69, 9.17) is 4.74 Å². The Morgan fingerprint density at radius 2 is 1.58 bits per heavy atom. The average Bonchev–Trinajstić information content (AvgIpc) is 2.72. The van der Waals surface area contributed by atoms with Gasteiger partial charge in [0.05, 0.1) is 18.2 Å². The first-order valence-electron chi connectivity index (χ1n) is 5.71. The Kier molecular flexibility index (Phi) is 2.52. The monoisotopic (exact) mass is 254 g/mol. The summed E-state index contributed by atoms with van der Waals surface area (Å²) >= 11 is 0. The summed E-state index contributed by atoms with van der Waals surface area (Å²) in [5.41, 5.74) is 0.800. The largest absolute Gasteiger partial charge is 0.481 e. The van der Waals surface area contributed by atoms with Crippen molar-refractivity contribution in [1.82, 2.24) is 4.98 Å². The van der Waals surface area contributed by atoms with E-state index in [1.54, 1.807) is 42.5 Å². The first kappa shape index (κ1) is 11.4. The van der Waals surface area contributed by atoms with Gasteiger partial charge in [0.1, 0.15) is 5.82 Å². The second-order valence-corrected chi connectivity index (χ2v) is 4.03. The number of pyridine rings is 1. The first-order chi connectivity index (χ1) is 9.22. The molecule has 1 aliphatic rings. The van der Waals surface area contributed by atoms with Crippen LogP contribution in [0.25, 0.3) is 0 Å². The van der Waals surface area contributed by atoms with E-state index < -0.39 is 0 Å². The van der Waals surface area contributed by atoms with Gasteiger partial charge in [-0.25, -0.2) is 4.90 Å². The highest BCUT2D eigenvalue weighted by Crippen LogP contribution is 2.27. The molecule has 2 amide bonds. The second-order valence-electron chi connectivity index (χ2n) is 4.03. The van der Waals surface area contributed by atoms with Gasteiger partial charge in [-0.2, -0.15) is 4.98 Å². The molecule has 94 valence electrons. The van der Waals surface area contributed by atoms with E-state index >= 15 is 0 Å². The third kappa shape index (κ3) is 1.67. The van der Waals surface area contributed by atoms with Crippen molar-refractivity contribution >= 4 is 17.6 Å². The zero-order chi connectivity index (χ0) is 13.4. The number of rotatable bonds is 2. The Hall–Kier alpha value is -2.69. The predicted molar refractivity (Wildman–Crippen MR) is 68.4 cm³/mol. The minimum absolute atomic E-state index is 0.269. The molecule has 0 radical (unpaired) electrons. The Morgan fingerprint density at radius 3 is 2.16 bits per heavy atom. The summed E-state index contributed by atoms with van der Waals surface area (Å²) in [5, 5.41) is 0. The van der Waals surface area contributed by atoms with Crippen molar-refractivity contribution < 1.29 is 14.3 Å². The molecule has 5 nitrogen and oxygen atoms in total. The molecule has 0 aliphatic carbocycles. The summed E-state index contributed by atoms with van der Waals surface area (Å²) < 4.78 is 5.00. The normalized spacial score (nSPS) is 13.6. The van der Waals surface area contributed by atoms with Gasteiger partial charge in [-0.1, -0.05) is 18.2 Å². The van der Waals surface area contributed by atoms with Gasteiger partial charge in [-0.15, -0.1) is 0 Å². The first-order valence-corrected chi connectivity index (χ1v) is 5.71. The van der Waals surface area contributed by atoms with Crippen LogP contribution in [0, 0.1) is 0 Å². The number of aromatic nitrogens is 1. The summed E-state index contributed by atoms with van der Waals surface area (Å²) in [5.74, 6) is -0.0951. The highest BCUT2D eigenvalue weighted by Gasteiger charge is 2.37. The van der Waals surface area contributed by atoms with E-state index in [0.717, 1.165) is 4.90 Å². The van der Waals surface area contributed by atoms with Gasteiger partial charge in [0, 0.05) is 6.07 Å². The SMILES string of the molecule is COc1cccc(N2C(=O)c3ccccc3C2=O)n1. The maximum absolute atomic E-state index is 12.2. The molecule has 0 fully saturated rings. The third-order valence-corrected chi connectivity index (χ3v) is 2.94. The van der Waals surface area contributed by atoms with E-state index in [1.165, 1.54) is 7.11 Å². The number of benzene rings is 1. The number of fused-ring (bicyclic) bond motifs is 1. The molecule has 0 saturated carbocycles. The van der Waals surface area contributed by atoms with Crippen molar-refractivity contribution in [3.63, 3.8) is 0 Å². The second kappa shape index (κ2) is 4.20. The van der Waals surface area contributed by atoms with Crippen molar-refractivity contribution in [3.8, 4) is 5.88 Å². The van der Waals surface area contributed by atoms with Crippen LogP contribution in [0.2, 0.25) is 0 Å². The molecule has 0 spiro atoms. The summed E-state index contributed by atoms with van der Waals surface area (Å²) in [7, 11) is 1.48. The Balaban J connectivity index is 2.08. The van der Waals surface area contributed by atoms with E-state index in [2.05, 4.69) is 4.98 Å². The van der Waals surface area contributed by atoms with Crippen molar-refractivity contribution in [2.45, 2.75) is 0 Å². The maximum atomic E-state index is 12.2. The van der Waals surface area contributed by atoms with E-state index in [1.807, 2.05) is 0 Å². The highest BCUT2D eigenvalue weighted by atomic mass is 16.5. The smallest absolute Gasteiger partial charge is 0.267 e. The van der Waals surface area contributed by atoms with Crippen LogP contribution in [0.5, 0.6) is 5.88 Å². The molecular formula is C14H10N2O3. The molecule has 0 saturated heterocycles. The number of anilines is 1. The van der Waals surface area contributed by atoms with E-state index in [0.29, 0.717) is 17.0 Å². The minimum atomic E-state index is -0.360. The lowest BCUT2D eigenvalue weighted by Gasteiger charge is -2.13. The highest BCUT2D eigenvalue weighted by molar-refractivity contribution is 6.34. The molecule has 0 atom stereocenters. The van der Waals surface area contributed by atoms with Gasteiger partial charge < -0.3 is 4.74 Å². The molecule has 5 heteroatoms. The number of hydrogen-bond donors (Lipinski definition) is 0. The molecule has 1 aromatic heterocycles. The molecule has 2 aromatic rings. The van der Waals surface area contributed by atoms with Crippen LogP contribution in [-0.4, -0.2) is 23.9 Å². The molecule has 0 bridgehead atoms. The van der Waals surface area contributed by atoms with Crippen LogP contribution >= 0.6 is 0 Å². The molecule has 1 aliphatic heterocycles. The Morgan fingerprint density at radius 1 is 0.947 bits per heavy atom. The zero-order valence-electron chi connectivity index (χ0n) is 10.2. The molecule has 0 N–H and O–H groups in total. The van der Waals surface area contributed by atoms with E-state index in [9.17, 15) is 9.59 Å². The van der Waals surface area contributed by atoms with Crippen LogP contribution in [0.4, 0.5) is 5.82 Å². The predicted octanol–water partition coefficient (Wildman–Crippen LogP) is 1.89. The van der Waals surface area contributed by atoms with E-state index in [-0.39, 0.29) is 17.6 Å². The van der Waals surface area contributed by atoms with Crippen LogP contribution in [-0.2, 0) is 0 Å². The fourth-order valence-electron chi connectivity index (χ4n) is 2.04. The van der Waals surface area contributed by atoms with Crippen LogP contribution < -0.4 is 9.64 Å². The average molecular weight is 254 g/mol. The van der Waals surface area contributed by atoms with Crippen molar-refractivity contribution in [1.29, 1.82) is 0 Å². The standard InChI is InChI=1S/C14H10N2O3/c1-19-12-8-4-7-11(15-12)16-13(17)9-5-2-3-6-10(9)14(16)18/h2-8H,1H3. The number of imide groups is 1. The van der Waals surface area contributed by atoms with Crippen molar-refractivity contribution in [2.24, 2.45) is 0 Å². The van der Waals surface area contributed by atoms with Gasteiger partial charge in [0.25, 0.3) is 11.8 Å². The molecular weight excluding hydrogens is 244 g/mol. The van der Waals surface area contributed by atoms with Crippen molar-refractivity contribution in [3.05, 3.63) is 53.6 Å². The maximum Gasteiger partial charge on any atom is 0.267 e. The summed E-state index contributed by atoms with van der Waals surface area (Å²) in [6.45, 7) is 0. The van der Waals surface area contributed by atoms with Crippen LogP contribution in [0.1, 0.15) is 20.7 Å². The van der Waals surface area contributed by atoms with Gasteiger partial charge >= 0.3 is 0 Å². The third-order valence-electron chi connectivity index (χ3n) is 2.94. The van der Waals surface area contributed by atoms with Crippen LogP contribution in [0.3, 0.4) is 0 Å². The number of hydrogen-bond acceptors (Lipinski definition) is 4. The summed E-state index contributed by atoms with van der Waals surface area (Å²) in [4.78, 5) is 29.6. The number of methoxy groups -OCH3 is 1.